The van der Waals surface area contributed by atoms with Gasteiger partial charge in [0, 0.05) is 13.0 Å². The van der Waals surface area contributed by atoms with Crippen LogP contribution in [-0.2, 0) is 4.79 Å². The molecule has 2 N–H and O–H groups in total. The van der Waals surface area contributed by atoms with Crippen molar-refractivity contribution in [2.75, 3.05) is 6.54 Å². The van der Waals surface area contributed by atoms with Crippen molar-refractivity contribution >= 4 is 5.91 Å². The first-order chi connectivity index (χ1) is 9.66. The molecule has 0 saturated carbocycles. The van der Waals surface area contributed by atoms with Crippen molar-refractivity contribution in [1.29, 1.82) is 0 Å². The predicted molar refractivity (Wildman–Crippen MR) is 85.8 cm³/mol. The molecule has 0 rings (SSSR count). The molecule has 3 heteroatoms. The number of carbonyl (C=O) groups excluding carboxylic acids is 1. The summed E-state index contributed by atoms with van der Waals surface area (Å²) in [6, 6.07) is 0. The first-order valence-corrected chi connectivity index (χ1v) is 8.61. The predicted octanol–water partition coefficient (Wildman–Crippen LogP) is 4.18. The largest absolute Gasteiger partial charge is 0.392 e. The van der Waals surface area contributed by atoms with Crippen LogP contribution in [0.15, 0.2) is 0 Å². The molecule has 0 aromatic rings. The van der Waals surface area contributed by atoms with Crippen LogP contribution in [0.25, 0.3) is 0 Å². The number of hydrogen-bond acceptors (Lipinski definition) is 2. The third-order valence-corrected chi connectivity index (χ3v) is 3.60. The van der Waals surface area contributed by atoms with Crippen LogP contribution in [0, 0.1) is 0 Å². The molecule has 1 amide bonds. The van der Waals surface area contributed by atoms with Gasteiger partial charge in [0.25, 0.3) is 0 Å². The van der Waals surface area contributed by atoms with E-state index >= 15 is 0 Å². The number of aliphatic hydroxyl groups is 1. The zero-order valence-corrected chi connectivity index (χ0v) is 13.6. The molecule has 1 unspecified atom stereocenters. The van der Waals surface area contributed by atoms with Crippen LogP contribution in [0.4, 0.5) is 0 Å². The van der Waals surface area contributed by atoms with Gasteiger partial charge in [-0.2, -0.15) is 0 Å². The van der Waals surface area contributed by atoms with Crippen molar-refractivity contribution in [2.24, 2.45) is 0 Å². The Hall–Kier alpha value is -0.570. The summed E-state index contributed by atoms with van der Waals surface area (Å²) in [5.41, 5.74) is 0. The van der Waals surface area contributed by atoms with Gasteiger partial charge in [-0.15, -0.1) is 0 Å². The minimum atomic E-state index is -0.448. The van der Waals surface area contributed by atoms with Crippen LogP contribution in [0.5, 0.6) is 0 Å². The monoisotopic (exact) mass is 285 g/mol. The van der Waals surface area contributed by atoms with Crippen LogP contribution >= 0.6 is 0 Å². The van der Waals surface area contributed by atoms with E-state index in [9.17, 15) is 4.79 Å². The van der Waals surface area contributed by atoms with Gasteiger partial charge in [0.15, 0.2) is 0 Å². The average molecular weight is 285 g/mol. The Morgan fingerprint density at radius 1 is 0.900 bits per heavy atom. The number of hydrogen-bond donors (Lipinski definition) is 2. The van der Waals surface area contributed by atoms with Gasteiger partial charge in [-0.3, -0.25) is 4.79 Å². The third-order valence-electron chi connectivity index (χ3n) is 3.60. The topological polar surface area (TPSA) is 49.3 Å². The maximum absolute atomic E-state index is 11.4. The molecule has 0 saturated heterocycles. The van der Waals surface area contributed by atoms with Crippen LogP contribution in [-0.4, -0.2) is 23.7 Å². The molecule has 0 aliphatic carbocycles. The standard InChI is InChI=1S/C17H35NO2/c1-3-4-5-6-7-8-9-10-11-12-13-14-17(20)18-15-16(2)19/h16,19H,3-15H2,1-2H3,(H,18,20). The number of amides is 1. The van der Waals surface area contributed by atoms with Crippen molar-refractivity contribution in [3.05, 3.63) is 0 Å². The van der Waals surface area contributed by atoms with Crippen LogP contribution in [0.2, 0.25) is 0 Å². The second kappa shape index (κ2) is 14.8. The minimum Gasteiger partial charge on any atom is -0.392 e. The number of nitrogens with one attached hydrogen (secondary N) is 1. The van der Waals surface area contributed by atoms with Crippen molar-refractivity contribution in [1.82, 2.24) is 5.32 Å². The van der Waals surface area contributed by atoms with Crippen LogP contribution in [0.3, 0.4) is 0 Å². The quantitative estimate of drug-likeness (QED) is 0.470. The van der Waals surface area contributed by atoms with Crippen molar-refractivity contribution < 1.29 is 9.90 Å². The Kier molecular flexibility index (Phi) is 14.4. The zero-order chi connectivity index (χ0) is 15.1. The van der Waals surface area contributed by atoms with Gasteiger partial charge in [0.05, 0.1) is 6.10 Å². The Morgan fingerprint density at radius 2 is 1.35 bits per heavy atom. The van der Waals surface area contributed by atoms with E-state index in [0.29, 0.717) is 13.0 Å². The highest BCUT2D eigenvalue weighted by molar-refractivity contribution is 5.75. The van der Waals surface area contributed by atoms with Gasteiger partial charge >= 0.3 is 0 Å². The summed E-state index contributed by atoms with van der Waals surface area (Å²) in [5.74, 6) is 0.0711. The van der Waals surface area contributed by atoms with Crippen molar-refractivity contribution in [3.8, 4) is 0 Å². The van der Waals surface area contributed by atoms with E-state index in [-0.39, 0.29) is 5.91 Å². The Balaban J connectivity index is 3.11. The van der Waals surface area contributed by atoms with E-state index in [4.69, 9.17) is 5.11 Å². The SMILES string of the molecule is CCCCCCCCCCCCCC(=O)NCC(C)O. The maximum atomic E-state index is 11.4. The lowest BCUT2D eigenvalue weighted by molar-refractivity contribution is -0.121. The summed E-state index contributed by atoms with van der Waals surface area (Å²) in [7, 11) is 0. The number of aliphatic hydroxyl groups excluding tert-OH is 1. The van der Waals surface area contributed by atoms with E-state index < -0.39 is 6.10 Å². The highest BCUT2D eigenvalue weighted by Gasteiger charge is 2.02. The molecule has 0 aromatic heterocycles. The fraction of sp³-hybridized carbons (Fsp3) is 0.941. The van der Waals surface area contributed by atoms with Gasteiger partial charge in [0.2, 0.25) is 5.91 Å². The summed E-state index contributed by atoms with van der Waals surface area (Å²) < 4.78 is 0. The van der Waals surface area contributed by atoms with Crippen LogP contribution < -0.4 is 5.32 Å². The van der Waals surface area contributed by atoms with E-state index in [0.717, 1.165) is 12.8 Å². The lowest BCUT2D eigenvalue weighted by atomic mass is 10.1. The van der Waals surface area contributed by atoms with E-state index in [1.807, 2.05) is 0 Å². The average Bonchev–Trinajstić information content (AvgIpc) is 2.42. The molecule has 0 spiro atoms. The van der Waals surface area contributed by atoms with E-state index in [1.165, 1.54) is 57.8 Å². The third kappa shape index (κ3) is 15.5. The molecule has 0 aliphatic rings. The summed E-state index contributed by atoms with van der Waals surface area (Å²) in [6.07, 6.45) is 14.5. The Morgan fingerprint density at radius 3 is 1.80 bits per heavy atom. The lowest BCUT2D eigenvalue weighted by Crippen LogP contribution is -2.30. The first-order valence-electron chi connectivity index (χ1n) is 8.61. The highest BCUT2D eigenvalue weighted by atomic mass is 16.3. The summed E-state index contributed by atoms with van der Waals surface area (Å²) in [5, 5.41) is 11.8. The normalized spacial score (nSPS) is 12.3. The summed E-state index contributed by atoms with van der Waals surface area (Å²) in [6.45, 7) is 4.31. The van der Waals surface area contributed by atoms with Gasteiger partial charge in [0.1, 0.15) is 0 Å². The first kappa shape index (κ1) is 19.4. The Bertz CT molecular complexity index is 217. The molecule has 0 aliphatic heterocycles. The molecular weight excluding hydrogens is 250 g/mol. The number of unbranched alkanes of at least 4 members (excludes halogenated alkanes) is 10. The van der Waals surface area contributed by atoms with E-state index in [1.54, 1.807) is 6.92 Å². The van der Waals surface area contributed by atoms with Gasteiger partial charge in [-0.05, 0) is 13.3 Å². The van der Waals surface area contributed by atoms with Gasteiger partial charge < -0.3 is 10.4 Å². The van der Waals surface area contributed by atoms with Gasteiger partial charge in [-0.25, -0.2) is 0 Å². The highest BCUT2D eigenvalue weighted by Crippen LogP contribution is 2.11. The molecule has 120 valence electrons. The lowest BCUT2D eigenvalue weighted by Gasteiger charge is -2.06. The molecule has 3 nitrogen and oxygen atoms in total. The molecule has 0 bridgehead atoms. The van der Waals surface area contributed by atoms with Crippen molar-refractivity contribution in [3.63, 3.8) is 0 Å². The molecule has 0 radical (unpaired) electrons. The molecule has 0 aromatic carbocycles. The fourth-order valence-electron chi connectivity index (χ4n) is 2.30. The number of rotatable bonds is 14. The molecule has 20 heavy (non-hydrogen) atoms. The molecule has 0 fully saturated rings. The summed E-state index contributed by atoms with van der Waals surface area (Å²) in [4.78, 5) is 11.4. The molecule has 0 heterocycles. The minimum absolute atomic E-state index is 0.0711. The summed E-state index contributed by atoms with van der Waals surface area (Å²) >= 11 is 0. The fourth-order valence-corrected chi connectivity index (χ4v) is 2.30. The zero-order valence-electron chi connectivity index (χ0n) is 13.6. The van der Waals surface area contributed by atoms with Gasteiger partial charge in [-0.1, -0.05) is 71.1 Å². The Labute approximate surface area is 125 Å². The number of carbonyl (C=O) groups is 1. The van der Waals surface area contributed by atoms with Crippen molar-refractivity contribution in [2.45, 2.75) is 97.0 Å². The smallest absolute Gasteiger partial charge is 0.220 e. The second-order valence-electron chi connectivity index (χ2n) is 5.94. The maximum Gasteiger partial charge on any atom is 0.220 e. The second-order valence-corrected chi connectivity index (χ2v) is 5.94. The molecular formula is C17H35NO2. The van der Waals surface area contributed by atoms with E-state index in [2.05, 4.69) is 12.2 Å². The van der Waals surface area contributed by atoms with Crippen LogP contribution in [0.1, 0.15) is 90.9 Å². The molecule has 1 atom stereocenters.